The number of carbonyl (C=O) groups is 4. The quantitative estimate of drug-likeness (QED) is 0.117. The molecule has 20 heteroatoms. The van der Waals surface area contributed by atoms with Gasteiger partial charge in [0.25, 0.3) is 11.8 Å². The number of nitrogens with zero attached hydrogens (tertiary/aromatic N) is 5. The zero-order valence-corrected chi connectivity index (χ0v) is 37.3. The average molecular weight is 957 g/mol. The van der Waals surface area contributed by atoms with E-state index in [-0.39, 0.29) is 55.8 Å². The standard InChI is InChI=1S/C48H51F7N6O7/c1-58(17-5-18-59(2)43(64)39-13-8-31(26-56-39)27-57-44(65)66)41(62)28-67-40-24-32-6-3-4-7-38(32)45(40)14-19-60(20-15-45)21-16-46(34-9-11-37(49)12-10-34)29-61(30-68-46)42(63)33-22-35(47(50,51)52)25-36(23-33)48(53,54)55/h3-4,6-13,22-23,25-26,40,57H,5,14-21,24,27-30H2,1-2H3,(H,65,66)/t40-,46-/m0/s1. The van der Waals surface area contributed by atoms with Crippen LogP contribution in [0.25, 0.3) is 0 Å². The molecule has 4 aromatic rings. The number of amides is 4. The van der Waals surface area contributed by atoms with E-state index in [0.717, 1.165) is 16.0 Å². The lowest BCUT2D eigenvalue weighted by molar-refractivity contribution is -0.143. The topological polar surface area (TPSA) is 145 Å². The predicted molar refractivity (Wildman–Crippen MR) is 232 cm³/mol. The minimum atomic E-state index is -5.14. The van der Waals surface area contributed by atoms with Gasteiger partial charge >= 0.3 is 18.4 Å². The summed E-state index contributed by atoms with van der Waals surface area (Å²) < 4.78 is 109. The maximum Gasteiger partial charge on any atom is 0.416 e. The van der Waals surface area contributed by atoms with Crippen molar-refractivity contribution >= 4 is 23.8 Å². The fraction of sp³-hybridized carbons (Fsp3) is 0.438. The number of hydrogen-bond donors (Lipinski definition) is 2. The van der Waals surface area contributed by atoms with Gasteiger partial charge in [-0.15, -0.1) is 0 Å². The van der Waals surface area contributed by atoms with Crippen molar-refractivity contribution < 1.29 is 64.5 Å². The highest BCUT2D eigenvalue weighted by Gasteiger charge is 2.50. The van der Waals surface area contributed by atoms with Crippen LogP contribution < -0.4 is 5.32 Å². The second-order valence-electron chi connectivity index (χ2n) is 17.6. The fourth-order valence-corrected chi connectivity index (χ4v) is 9.38. The fourth-order valence-electron chi connectivity index (χ4n) is 9.38. The Morgan fingerprint density at radius 2 is 1.56 bits per heavy atom. The number of nitrogens with one attached hydrogen (secondary N) is 1. The van der Waals surface area contributed by atoms with E-state index < -0.39 is 64.6 Å². The minimum absolute atomic E-state index is 0.0361. The van der Waals surface area contributed by atoms with Crippen molar-refractivity contribution in [2.75, 3.05) is 66.7 Å². The van der Waals surface area contributed by atoms with Crippen LogP contribution in [0.3, 0.4) is 0 Å². The van der Waals surface area contributed by atoms with E-state index in [2.05, 4.69) is 27.3 Å². The monoisotopic (exact) mass is 956 g/mol. The van der Waals surface area contributed by atoms with Gasteiger partial charge in [-0.2, -0.15) is 26.3 Å². The Bertz CT molecular complexity index is 2430. The number of halogens is 7. The number of pyridine rings is 1. The average Bonchev–Trinajstić information content (AvgIpc) is 3.88. The normalized spacial score (nSPS) is 19.2. The van der Waals surface area contributed by atoms with Gasteiger partial charge in [0.1, 0.15) is 30.4 Å². The Morgan fingerprint density at radius 1 is 0.897 bits per heavy atom. The maximum absolute atomic E-state index is 14.1. The highest BCUT2D eigenvalue weighted by Crippen LogP contribution is 2.48. The number of hydrogen-bond acceptors (Lipinski definition) is 8. The molecule has 364 valence electrons. The molecule has 4 amide bonds. The van der Waals surface area contributed by atoms with E-state index in [4.69, 9.17) is 14.6 Å². The van der Waals surface area contributed by atoms with Crippen LogP contribution in [0.4, 0.5) is 35.5 Å². The lowest BCUT2D eigenvalue weighted by Gasteiger charge is -2.44. The van der Waals surface area contributed by atoms with E-state index in [1.54, 1.807) is 25.1 Å². The van der Waals surface area contributed by atoms with Crippen LogP contribution in [-0.4, -0.2) is 126 Å². The van der Waals surface area contributed by atoms with E-state index in [9.17, 15) is 49.9 Å². The highest BCUT2D eigenvalue weighted by molar-refractivity contribution is 5.95. The second-order valence-corrected chi connectivity index (χ2v) is 17.6. The molecule has 0 saturated carbocycles. The van der Waals surface area contributed by atoms with Crippen LogP contribution in [0.15, 0.2) is 85.1 Å². The summed E-state index contributed by atoms with van der Waals surface area (Å²) in [5.74, 6) is -2.15. The van der Waals surface area contributed by atoms with Gasteiger partial charge in [-0.25, -0.2) is 9.18 Å². The first-order valence-electron chi connectivity index (χ1n) is 22.0. The highest BCUT2D eigenvalue weighted by atomic mass is 19.4. The van der Waals surface area contributed by atoms with E-state index in [1.165, 1.54) is 41.4 Å². The molecule has 2 fully saturated rings. The number of benzene rings is 3. The van der Waals surface area contributed by atoms with Gasteiger partial charge in [-0.1, -0.05) is 42.5 Å². The lowest BCUT2D eigenvalue weighted by Crippen LogP contribution is -2.50. The molecule has 68 heavy (non-hydrogen) atoms. The molecule has 1 aromatic heterocycles. The molecule has 3 aromatic carbocycles. The summed E-state index contributed by atoms with van der Waals surface area (Å²) in [7, 11) is 3.31. The van der Waals surface area contributed by atoms with Gasteiger partial charge in [0, 0.05) is 57.4 Å². The maximum atomic E-state index is 14.1. The summed E-state index contributed by atoms with van der Waals surface area (Å²) in [6.07, 6.45) is -7.65. The van der Waals surface area contributed by atoms with Crippen molar-refractivity contribution in [2.45, 2.75) is 68.1 Å². The molecule has 1 aliphatic carbocycles. The zero-order chi connectivity index (χ0) is 49.0. The molecule has 0 radical (unpaired) electrons. The summed E-state index contributed by atoms with van der Waals surface area (Å²) in [5.41, 5.74) is -2.11. The largest absolute Gasteiger partial charge is 0.465 e. The lowest BCUT2D eigenvalue weighted by atomic mass is 9.72. The molecule has 7 rings (SSSR count). The minimum Gasteiger partial charge on any atom is -0.465 e. The molecule has 3 heterocycles. The number of fused-ring (bicyclic) bond motifs is 2. The van der Waals surface area contributed by atoms with Crippen molar-refractivity contribution in [1.29, 1.82) is 0 Å². The predicted octanol–water partition coefficient (Wildman–Crippen LogP) is 7.34. The van der Waals surface area contributed by atoms with Crippen LogP contribution in [0, 0.1) is 5.82 Å². The molecule has 3 aliphatic rings. The number of carboxylic acid groups (broad SMARTS) is 1. The Balaban J connectivity index is 0.956. The molecule has 0 unspecified atom stereocenters. The summed E-state index contributed by atoms with van der Waals surface area (Å²) in [4.78, 5) is 61.2. The third-order valence-corrected chi connectivity index (χ3v) is 13.2. The van der Waals surface area contributed by atoms with Crippen molar-refractivity contribution in [3.8, 4) is 0 Å². The summed E-state index contributed by atoms with van der Waals surface area (Å²) in [5, 5.41) is 11.0. The number of alkyl halides is 6. The van der Waals surface area contributed by atoms with E-state index >= 15 is 0 Å². The number of aromatic nitrogens is 1. The van der Waals surface area contributed by atoms with Crippen LogP contribution in [0.2, 0.25) is 0 Å². The van der Waals surface area contributed by atoms with Crippen molar-refractivity contribution in [3.63, 3.8) is 0 Å². The van der Waals surface area contributed by atoms with E-state index in [1.807, 2.05) is 12.1 Å². The second kappa shape index (κ2) is 20.2. The SMILES string of the molecule is CN(CCCN(C)C(=O)c1ccc(CNC(=O)O)cn1)C(=O)CO[C@H]1Cc2ccccc2C12CCN(CC[C@@]1(c3ccc(F)cc3)CN(C(=O)c3cc(C(F)(F)F)cc(C(F)(F)F)c3)CO1)CC2. The first-order chi connectivity index (χ1) is 32.2. The summed E-state index contributed by atoms with van der Waals surface area (Å²) >= 11 is 0. The molecule has 0 bridgehead atoms. The van der Waals surface area contributed by atoms with Gasteiger partial charge < -0.3 is 39.5 Å². The molecular formula is C48H51F7N6O7. The van der Waals surface area contributed by atoms with Crippen molar-refractivity contribution in [1.82, 2.24) is 29.9 Å². The van der Waals surface area contributed by atoms with Crippen LogP contribution in [0.1, 0.15) is 79.9 Å². The van der Waals surface area contributed by atoms with Crippen LogP contribution >= 0.6 is 0 Å². The van der Waals surface area contributed by atoms with Gasteiger partial charge in [0.05, 0.1) is 23.8 Å². The molecular weight excluding hydrogens is 906 g/mol. The smallest absolute Gasteiger partial charge is 0.416 e. The first kappa shape index (κ1) is 49.8. The molecule has 2 atom stereocenters. The van der Waals surface area contributed by atoms with Crippen LogP contribution in [-0.2, 0) is 50.6 Å². The third kappa shape index (κ3) is 11.2. The van der Waals surface area contributed by atoms with Crippen molar-refractivity contribution in [2.24, 2.45) is 0 Å². The summed E-state index contributed by atoms with van der Waals surface area (Å²) in [6, 6.07) is 17.4. The Hall–Kier alpha value is -6.12. The Labute approximate surface area is 387 Å². The molecule has 13 nitrogen and oxygen atoms in total. The number of rotatable bonds is 15. The number of likely N-dealkylation sites (tertiary alicyclic amines) is 1. The van der Waals surface area contributed by atoms with Gasteiger partial charge in [0.2, 0.25) is 5.91 Å². The molecule has 2 aliphatic heterocycles. The number of likely N-dealkylation sites (N-methyl/N-ethyl adjacent to an activating group) is 1. The molecule has 1 spiro atoms. The zero-order valence-electron chi connectivity index (χ0n) is 37.3. The number of piperidine rings is 1. The van der Waals surface area contributed by atoms with E-state index in [0.29, 0.717) is 81.7 Å². The Morgan fingerprint density at radius 3 is 2.19 bits per heavy atom. The summed E-state index contributed by atoms with van der Waals surface area (Å²) in [6.45, 7) is 1.58. The van der Waals surface area contributed by atoms with Gasteiger partial charge in [-0.05, 0) is 104 Å². The number of ether oxygens (including phenoxy) is 2. The van der Waals surface area contributed by atoms with Crippen LogP contribution in [0.5, 0.6) is 0 Å². The van der Waals surface area contributed by atoms with Gasteiger partial charge in [-0.3, -0.25) is 19.4 Å². The Kier molecular flexibility index (Phi) is 14.8. The third-order valence-electron chi connectivity index (χ3n) is 13.2. The van der Waals surface area contributed by atoms with Crippen molar-refractivity contribution in [3.05, 3.63) is 136 Å². The molecule has 2 saturated heterocycles. The molecule has 2 N–H and O–H groups in total. The first-order valence-corrected chi connectivity index (χ1v) is 22.0. The van der Waals surface area contributed by atoms with Gasteiger partial charge in [0.15, 0.2) is 0 Å². The number of carbonyl (C=O) groups excluding carboxylic acids is 3.